The Balaban J connectivity index is 2.25. The van der Waals surface area contributed by atoms with E-state index in [0.29, 0.717) is 4.90 Å². The molecule has 0 radical (unpaired) electrons. The number of alkyl halides is 3. The summed E-state index contributed by atoms with van der Waals surface area (Å²) >= 11 is 1.09. The second-order valence-corrected chi connectivity index (χ2v) is 6.25. The topological polar surface area (TPSA) is 72.2 Å². The molecule has 0 aliphatic rings. The third-order valence-electron chi connectivity index (χ3n) is 3.30. The molecule has 25 heavy (non-hydrogen) atoms. The Kier molecular flexibility index (Phi) is 5.73. The maximum Gasteiger partial charge on any atom is 0.416 e. The molecule has 0 unspecified atom stereocenters. The molecule has 8 heteroatoms. The van der Waals surface area contributed by atoms with Crippen molar-refractivity contribution in [2.24, 2.45) is 5.73 Å². The minimum atomic E-state index is -4.50. The van der Waals surface area contributed by atoms with Crippen LogP contribution in [-0.4, -0.2) is 17.6 Å². The number of rotatable bonds is 5. The molecule has 3 N–H and O–H groups in total. The highest BCUT2D eigenvalue weighted by Gasteiger charge is 2.32. The van der Waals surface area contributed by atoms with Crippen LogP contribution >= 0.6 is 11.8 Å². The Hall–Kier alpha value is -2.48. The first kappa shape index (κ1) is 18.9. The monoisotopic (exact) mass is 368 g/mol. The number of carbonyl (C=O) groups is 2. The molecule has 0 aliphatic heterocycles. The van der Waals surface area contributed by atoms with Crippen LogP contribution in [0.3, 0.4) is 0 Å². The number of carbonyl (C=O) groups excluding carboxylic acids is 2. The Morgan fingerprint density at radius 2 is 1.84 bits per heavy atom. The van der Waals surface area contributed by atoms with Gasteiger partial charge in [0.05, 0.1) is 16.9 Å². The number of aryl methyl sites for hydroxylation is 1. The van der Waals surface area contributed by atoms with Crippen molar-refractivity contribution in [2.75, 3.05) is 11.1 Å². The van der Waals surface area contributed by atoms with Gasteiger partial charge in [-0.2, -0.15) is 13.2 Å². The van der Waals surface area contributed by atoms with E-state index in [1.807, 2.05) is 0 Å². The highest BCUT2D eigenvalue weighted by atomic mass is 32.2. The van der Waals surface area contributed by atoms with Crippen molar-refractivity contribution in [1.29, 1.82) is 0 Å². The molecule has 2 aromatic carbocycles. The molecule has 0 saturated carbocycles. The molecule has 2 rings (SSSR count). The number of primary amides is 1. The van der Waals surface area contributed by atoms with Gasteiger partial charge in [-0.1, -0.05) is 18.2 Å². The van der Waals surface area contributed by atoms with Gasteiger partial charge in [0.25, 0.3) is 5.91 Å². The summed E-state index contributed by atoms with van der Waals surface area (Å²) in [6.07, 6.45) is -4.50. The molecule has 2 aromatic rings. The van der Waals surface area contributed by atoms with E-state index in [2.05, 4.69) is 5.32 Å². The van der Waals surface area contributed by atoms with Gasteiger partial charge in [0, 0.05) is 10.6 Å². The van der Waals surface area contributed by atoms with E-state index in [-0.39, 0.29) is 22.6 Å². The van der Waals surface area contributed by atoms with Gasteiger partial charge in [0.1, 0.15) is 0 Å². The molecule has 0 aliphatic carbocycles. The van der Waals surface area contributed by atoms with Crippen LogP contribution in [0.25, 0.3) is 0 Å². The smallest absolute Gasteiger partial charge is 0.369 e. The van der Waals surface area contributed by atoms with Crippen molar-refractivity contribution in [3.63, 3.8) is 0 Å². The van der Waals surface area contributed by atoms with E-state index in [0.717, 1.165) is 17.8 Å². The summed E-state index contributed by atoms with van der Waals surface area (Å²) in [6, 6.07) is 10.1. The maximum absolute atomic E-state index is 13.0. The lowest BCUT2D eigenvalue weighted by molar-refractivity contribution is -0.138. The number of hydrogen-bond acceptors (Lipinski definition) is 3. The Bertz CT molecular complexity index is 807. The molecular weight excluding hydrogens is 353 g/mol. The Morgan fingerprint density at radius 3 is 2.48 bits per heavy atom. The molecule has 132 valence electrons. The number of nitrogens with two attached hydrogens (primary N) is 1. The van der Waals surface area contributed by atoms with Crippen molar-refractivity contribution >= 4 is 29.3 Å². The minimum Gasteiger partial charge on any atom is -0.369 e. The first-order chi connectivity index (χ1) is 11.7. The molecule has 4 nitrogen and oxygen atoms in total. The van der Waals surface area contributed by atoms with Gasteiger partial charge in [-0.05, 0) is 36.8 Å². The average Bonchev–Trinajstić information content (AvgIpc) is 2.54. The van der Waals surface area contributed by atoms with Gasteiger partial charge in [-0.3, -0.25) is 9.59 Å². The normalized spacial score (nSPS) is 11.2. The second kappa shape index (κ2) is 7.60. The number of hydrogen-bond donors (Lipinski definition) is 2. The van der Waals surface area contributed by atoms with Gasteiger partial charge in [-0.25, -0.2) is 0 Å². The molecule has 2 amide bonds. The van der Waals surface area contributed by atoms with Crippen molar-refractivity contribution in [1.82, 2.24) is 0 Å². The minimum absolute atomic E-state index is 0.00690. The zero-order valence-electron chi connectivity index (χ0n) is 13.2. The van der Waals surface area contributed by atoms with E-state index in [1.165, 1.54) is 25.1 Å². The molecule has 0 heterocycles. The van der Waals surface area contributed by atoms with Crippen LogP contribution < -0.4 is 11.1 Å². The van der Waals surface area contributed by atoms with Gasteiger partial charge >= 0.3 is 6.18 Å². The SMILES string of the molecule is Cc1ccc(NC(=O)c2ccccc2SCC(N)=O)cc1C(F)(F)F. The zero-order chi connectivity index (χ0) is 18.6. The summed E-state index contributed by atoms with van der Waals surface area (Å²) < 4.78 is 38.9. The van der Waals surface area contributed by atoms with E-state index >= 15 is 0 Å². The van der Waals surface area contributed by atoms with Gasteiger partial charge in [-0.15, -0.1) is 11.8 Å². The van der Waals surface area contributed by atoms with Crippen LogP contribution in [-0.2, 0) is 11.0 Å². The van der Waals surface area contributed by atoms with Crippen molar-refractivity contribution in [3.05, 3.63) is 59.2 Å². The highest BCUT2D eigenvalue weighted by Crippen LogP contribution is 2.33. The van der Waals surface area contributed by atoms with E-state index in [1.54, 1.807) is 18.2 Å². The van der Waals surface area contributed by atoms with Gasteiger partial charge in [0.2, 0.25) is 5.91 Å². The van der Waals surface area contributed by atoms with E-state index in [4.69, 9.17) is 5.73 Å². The summed E-state index contributed by atoms with van der Waals surface area (Å²) in [6.45, 7) is 1.35. The highest BCUT2D eigenvalue weighted by molar-refractivity contribution is 8.00. The molecule has 0 aromatic heterocycles. The molecule has 0 fully saturated rings. The van der Waals surface area contributed by atoms with Gasteiger partial charge < -0.3 is 11.1 Å². The van der Waals surface area contributed by atoms with E-state index in [9.17, 15) is 22.8 Å². The average molecular weight is 368 g/mol. The fraction of sp³-hybridized carbons (Fsp3) is 0.176. The Morgan fingerprint density at radius 1 is 1.16 bits per heavy atom. The lowest BCUT2D eigenvalue weighted by Crippen LogP contribution is -2.16. The molecule has 0 bridgehead atoms. The van der Waals surface area contributed by atoms with E-state index < -0.39 is 23.6 Å². The molecule has 0 saturated heterocycles. The van der Waals surface area contributed by atoms with Crippen molar-refractivity contribution in [2.45, 2.75) is 18.0 Å². The number of amides is 2. The Labute approximate surface area is 146 Å². The molecule has 0 spiro atoms. The van der Waals surface area contributed by atoms with Crippen LogP contribution in [0.1, 0.15) is 21.5 Å². The summed E-state index contributed by atoms with van der Waals surface area (Å²) in [7, 11) is 0. The molecular formula is C17H15F3N2O2S. The third kappa shape index (κ3) is 4.99. The fourth-order valence-corrected chi connectivity index (χ4v) is 2.92. The van der Waals surface area contributed by atoms with Crippen LogP contribution in [0, 0.1) is 6.92 Å². The van der Waals surface area contributed by atoms with Crippen LogP contribution in [0.4, 0.5) is 18.9 Å². The fourth-order valence-electron chi connectivity index (χ4n) is 2.13. The number of anilines is 1. The summed E-state index contributed by atoms with van der Waals surface area (Å²) in [5.41, 5.74) is 4.66. The predicted molar refractivity (Wildman–Crippen MR) is 90.5 cm³/mol. The quantitative estimate of drug-likeness (QED) is 0.788. The number of thioether (sulfide) groups is 1. The van der Waals surface area contributed by atoms with Gasteiger partial charge in [0.15, 0.2) is 0 Å². The summed E-state index contributed by atoms with van der Waals surface area (Å²) in [4.78, 5) is 23.8. The lowest BCUT2D eigenvalue weighted by Gasteiger charge is -2.13. The van der Waals surface area contributed by atoms with Crippen LogP contribution in [0.5, 0.6) is 0 Å². The van der Waals surface area contributed by atoms with Crippen molar-refractivity contribution < 1.29 is 22.8 Å². The molecule has 0 atom stereocenters. The van der Waals surface area contributed by atoms with Crippen LogP contribution in [0.2, 0.25) is 0 Å². The zero-order valence-corrected chi connectivity index (χ0v) is 14.0. The van der Waals surface area contributed by atoms with Crippen LogP contribution in [0.15, 0.2) is 47.4 Å². The van der Waals surface area contributed by atoms with Crippen molar-refractivity contribution in [3.8, 4) is 0 Å². The lowest BCUT2D eigenvalue weighted by atomic mass is 10.1. The first-order valence-electron chi connectivity index (χ1n) is 7.18. The summed E-state index contributed by atoms with van der Waals surface area (Å²) in [5, 5.41) is 2.46. The summed E-state index contributed by atoms with van der Waals surface area (Å²) in [5.74, 6) is -1.11. The number of benzene rings is 2. The third-order valence-corrected chi connectivity index (χ3v) is 4.40. The maximum atomic E-state index is 13.0. The largest absolute Gasteiger partial charge is 0.416 e. The number of nitrogens with one attached hydrogen (secondary N) is 1. The first-order valence-corrected chi connectivity index (χ1v) is 8.16. The number of halogens is 3. The second-order valence-electron chi connectivity index (χ2n) is 5.23. The predicted octanol–water partition coefficient (Wildman–Crippen LogP) is 3.84. The standard InChI is InChI=1S/C17H15F3N2O2S/c1-10-6-7-11(8-13(10)17(18,19)20)22-16(24)12-4-2-3-5-14(12)25-9-15(21)23/h2-8H,9H2,1H3,(H2,21,23)(H,22,24).